The van der Waals surface area contributed by atoms with Gasteiger partial charge in [0.2, 0.25) is 0 Å². The van der Waals surface area contributed by atoms with Crippen molar-refractivity contribution in [3.63, 3.8) is 0 Å². The standard InChI is InChI=1S/C16H13N5O2/c1-9-6-7-13(23-9)16-18-10-8-21(20-14(10)15(17)19-16)11-4-2-3-5-12(11)22/h2-8,22H,1H3,(H2,17,18,19). The quantitative estimate of drug-likeness (QED) is 0.590. The highest BCUT2D eigenvalue weighted by molar-refractivity contribution is 5.85. The molecule has 23 heavy (non-hydrogen) atoms. The van der Waals surface area contributed by atoms with E-state index in [-0.39, 0.29) is 11.6 Å². The summed E-state index contributed by atoms with van der Waals surface area (Å²) in [6, 6.07) is 10.5. The molecule has 3 N–H and O–H groups in total. The van der Waals surface area contributed by atoms with Crippen molar-refractivity contribution in [3.8, 4) is 23.0 Å². The van der Waals surface area contributed by atoms with Gasteiger partial charge in [-0.1, -0.05) is 12.1 Å². The van der Waals surface area contributed by atoms with Gasteiger partial charge in [0.1, 0.15) is 22.7 Å². The Bertz CT molecular complexity index is 1020. The fraction of sp³-hybridized carbons (Fsp3) is 0.0625. The average Bonchev–Trinajstić information content (AvgIpc) is 3.14. The Kier molecular flexibility index (Phi) is 2.80. The average molecular weight is 307 g/mol. The molecule has 0 saturated heterocycles. The molecule has 4 aromatic rings. The van der Waals surface area contributed by atoms with Crippen LogP contribution < -0.4 is 5.73 Å². The lowest BCUT2D eigenvalue weighted by Gasteiger charge is -2.02. The lowest BCUT2D eigenvalue weighted by molar-refractivity contribution is 0.470. The lowest BCUT2D eigenvalue weighted by Crippen LogP contribution is -1.97. The Morgan fingerprint density at radius 3 is 2.70 bits per heavy atom. The largest absolute Gasteiger partial charge is 0.506 e. The number of hydrogen-bond donors (Lipinski definition) is 2. The Morgan fingerprint density at radius 2 is 1.96 bits per heavy atom. The third-order valence-electron chi connectivity index (χ3n) is 3.48. The van der Waals surface area contributed by atoms with Gasteiger partial charge in [0.25, 0.3) is 0 Å². The first kappa shape index (κ1) is 13.3. The highest BCUT2D eigenvalue weighted by Crippen LogP contribution is 2.26. The third kappa shape index (κ3) is 2.18. The minimum absolute atomic E-state index is 0.119. The number of para-hydroxylation sites is 2. The smallest absolute Gasteiger partial charge is 0.198 e. The second kappa shape index (κ2) is 4.84. The van der Waals surface area contributed by atoms with Crippen molar-refractivity contribution in [2.45, 2.75) is 6.92 Å². The molecule has 0 atom stereocenters. The molecule has 0 spiro atoms. The third-order valence-corrected chi connectivity index (χ3v) is 3.48. The van der Waals surface area contributed by atoms with Gasteiger partial charge in [-0.05, 0) is 31.2 Å². The number of nitrogens with zero attached hydrogens (tertiary/aromatic N) is 4. The highest BCUT2D eigenvalue weighted by atomic mass is 16.3. The molecule has 1 aromatic carbocycles. The van der Waals surface area contributed by atoms with Crippen molar-refractivity contribution in [1.29, 1.82) is 0 Å². The van der Waals surface area contributed by atoms with E-state index in [0.717, 1.165) is 5.76 Å². The molecule has 0 amide bonds. The maximum atomic E-state index is 9.95. The summed E-state index contributed by atoms with van der Waals surface area (Å²) in [5.74, 6) is 2.10. The molecule has 0 fully saturated rings. The Balaban J connectivity index is 1.89. The zero-order chi connectivity index (χ0) is 16.0. The number of aryl methyl sites for hydroxylation is 1. The van der Waals surface area contributed by atoms with Crippen molar-refractivity contribution in [3.05, 3.63) is 48.4 Å². The molecule has 7 nitrogen and oxygen atoms in total. The van der Waals surface area contributed by atoms with Gasteiger partial charge in [0, 0.05) is 0 Å². The number of rotatable bonds is 2. The fourth-order valence-electron chi connectivity index (χ4n) is 2.38. The first-order valence-electron chi connectivity index (χ1n) is 7.00. The number of benzene rings is 1. The normalized spacial score (nSPS) is 11.2. The van der Waals surface area contributed by atoms with Gasteiger partial charge in [-0.3, -0.25) is 0 Å². The van der Waals surface area contributed by atoms with Crippen LogP contribution in [-0.2, 0) is 0 Å². The number of anilines is 1. The number of hydrogen-bond acceptors (Lipinski definition) is 6. The number of nitrogens with two attached hydrogens (primary N) is 1. The zero-order valence-electron chi connectivity index (χ0n) is 12.3. The molecule has 3 heterocycles. The number of phenols is 1. The first-order chi connectivity index (χ1) is 11.1. The summed E-state index contributed by atoms with van der Waals surface area (Å²) in [4.78, 5) is 8.69. The molecular weight excluding hydrogens is 294 g/mol. The second-order valence-corrected chi connectivity index (χ2v) is 5.14. The Hall–Kier alpha value is -3.35. The van der Waals surface area contributed by atoms with Crippen LogP contribution in [0.25, 0.3) is 28.3 Å². The molecule has 3 aromatic heterocycles. The first-order valence-corrected chi connectivity index (χ1v) is 7.00. The van der Waals surface area contributed by atoms with E-state index >= 15 is 0 Å². The van der Waals surface area contributed by atoms with Gasteiger partial charge in [-0.25, -0.2) is 14.6 Å². The van der Waals surface area contributed by atoms with Crippen LogP contribution in [0.1, 0.15) is 5.76 Å². The molecule has 0 aliphatic heterocycles. The SMILES string of the molecule is Cc1ccc(-c2nc(N)c3nn(-c4ccccc4O)cc3n2)o1. The van der Waals surface area contributed by atoms with Gasteiger partial charge in [0.05, 0.1) is 6.20 Å². The van der Waals surface area contributed by atoms with Crippen LogP contribution in [0.5, 0.6) is 5.75 Å². The van der Waals surface area contributed by atoms with E-state index < -0.39 is 0 Å². The Labute approximate surface area is 131 Å². The van der Waals surface area contributed by atoms with Gasteiger partial charge >= 0.3 is 0 Å². The van der Waals surface area contributed by atoms with E-state index in [1.54, 1.807) is 30.5 Å². The molecule has 7 heteroatoms. The molecule has 0 aliphatic carbocycles. The molecule has 0 saturated carbocycles. The van der Waals surface area contributed by atoms with Crippen molar-refractivity contribution in [2.24, 2.45) is 0 Å². The second-order valence-electron chi connectivity index (χ2n) is 5.14. The number of aromatic hydroxyl groups is 1. The van der Waals surface area contributed by atoms with Gasteiger partial charge in [-0.15, -0.1) is 0 Å². The molecule has 4 rings (SSSR count). The van der Waals surface area contributed by atoms with Crippen LogP contribution in [0.3, 0.4) is 0 Å². The summed E-state index contributed by atoms with van der Waals surface area (Å²) in [6.45, 7) is 1.85. The molecular formula is C16H13N5O2. The molecule has 114 valence electrons. The van der Waals surface area contributed by atoms with Crippen molar-refractivity contribution in [1.82, 2.24) is 19.7 Å². The topological polar surface area (TPSA) is 103 Å². The summed E-state index contributed by atoms with van der Waals surface area (Å²) in [5.41, 5.74) is 7.59. The van der Waals surface area contributed by atoms with Crippen molar-refractivity contribution in [2.75, 3.05) is 5.73 Å². The van der Waals surface area contributed by atoms with Crippen LogP contribution in [0, 0.1) is 6.92 Å². The summed E-state index contributed by atoms with van der Waals surface area (Å²) < 4.78 is 7.07. The minimum Gasteiger partial charge on any atom is -0.506 e. The monoisotopic (exact) mass is 307 g/mol. The van der Waals surface area contributed by atoms with Crippen LogP contribution in [0.15, 0.2) is 47.0 Å². The van der Waals surface area contributed by atoms with E-state index in [0.29, 0.717) is 28.3 Å². The summed E-state index contributed by atoms with van der Waals surface area (Å²) in [7, 11) is 0. The van der Waals surface area contributed by atoms with E-state index in [1.165, 1.54) is 4.68 Å². The predicted molar refractivity (Wildman–Crippen MR) is 85.2 cm³/mol. The van der Waals surface area contributed by atoms with Crippen LogP contribution in [-0.4, -0.2) is 24.9 Å². The lowest BCUT2D eigenvalue weighted by atomic mass is 10.3. The summed E-state index contributed by atoms with van der Waals surface area (Å²) in [5, 5.41) is 14.3. The predicted octanol–water partition coefficient (Wildman–Crippen LogP) is 2.67. The van der Waals surface area contributed by atoms with Crippen LogP contribution in [0.4, 0.5) is 5.82 Å². The summed E-state index contributed by atoms with van der Waals surface area (Å²) >= 11 is 0. The molecule has 0 unspecified atom stereocenters. The summed E-state index contributed by atoms with van der Waals surface area (Å²) in [6.07, 6.45) is 1.70. The van der Waals surface area contributed by atoms with E-state index in [4.69, 9.17) is 10.2 Å². The highest BCUT2D eigenvalue weighted by Gasteiger charge is 2.14. The van der Waals surface area contributed by atoms with Gasteiger partial charge in [-0.2, -0.15) is 5.10 Å². The van der Waals surface area contributed by atoms with E-state index in [2.05, 4.69) is 15.1 Å². The maximum absolute atomic E-state index is 9.95. The van der Waals surface area contributed by atoms with Crippen LogP contribution >= 0.6 is 0 Å². The van der Waals surface area contributed by atoms with E-state index in [1.807, 2.05) is 19.1 Å². The number of fused-ring (bicyclic) bond motifs is 1. The number of nitrogen functional groups attached to an aromatic ring is 1. The maximum Gasteiger partial charge on any atom is 0.198 e. The van der Waals surface area contributed by atoms with Crippen molar-refractivity contribution >= 4 is 16.9 Å². The Morgan fingerprint density at radius 1 is 1.13 bits per heavy atom. The number of aromatic nitrogens is 4. The zero-order valence-corrected chi connectivity index (χ0v) is 12.3. The van der Waals surface area contributed by atoms with Crippen molar-refractivity contribution < 1.29 is 9.52 Å². The number of furan rings is 1. The van der Waals surface area contributed by atoms with Crippen LogP contribution in [0.2, 0.25) is 0 Å². The van der Waals surface area contributed by atoms with E-state index in [9.17, 15) is 5.11 Å². The fourth-order valence-corrected chi connectivity index (χ4v) is 2.38. The van der Waals surface area contributed by atoms with Gasteiger partial charge < -0.3 is 15.3 Å². The van der Waals surface area contributed by atoms with Gasteiger partial charge in [0.15, 0.2) is 22.9 Å². The minimum atomic E-state index is 0.119. The number of phenolic OH excluding ortho intramolecular Hbond substituents is 1. The molecule has 0 aliphatic rings. The molecule has 0 radical (unpaired) electrons. The molecule has 0 bridgehead atoms.